The first-order valence-electron chi connectivity index (χ1n) is 4.85. The van der Waals surface area contributed by atoms with Gasteiger partial charge in [0.05, 0.1) is 11.1 Å². The standard InChI is InChI=1S/C11H13ClFNO2/c1-7(2)16-6-11(15)14-8-3-4-10(13)9(12)5-8/h3-5,7H,6H2,1-2H3,(H,14,15). The van der Waals surface area contributed by atoms with Gasteiger partial charge >= 0.3 is 0 Å². The van der Waals surface area contributed by atoms with E-state index < -0.39 is 5.82 Å². The molecule has 0 radical (unpaired) electrons. The van der Waals surface area contributed by atoms with E-state index in [0.717, 1.165) is 0 Å². The summed E-state index contributed by atoms with van der Waals surface area (Å²) in [6.45, 7) is 3.64. The molecule has 0 heterocycles. The van der Waals surface area contributed by atoms with Crippen LogP contribution >= 0.6 is 11.6 Å². The van der Waals surface area contributed by atoms with E-state index in [0.29, 0.717) is 5.69 Å². The molecule has 1 amide bonds. The molecule has 0 bridgehead atoms. The molecule has 0 aromatic heterocycles. The molecule has 0 saturated heterocycles. The number of anilines is 1. The molecule has 0 aliphatic carbocycles. The highest BCUT2D eigenvalue weighted by molar-refractivity contribution is 6.31. The number of hydrogen-bond acceptors (Lipinski definition) is 2. The van der Waals surface area contributed by atoms with Gasteiger partial charge in [0, 0.05) is 5.69 Å². The first-order valence-corrected chi connectivity index (χ1v) is 5.23. The summed E-state index contributed by atoms with van der Waals surface area (Å²) in [6.07, 6.45) is -0.0115. The molecule has 0 fully saturated rings. The lowest BCUT2D eigenvalue weighted by Gasteiger charge is -2.08. The summed E-state index contributed by atoms with van der Waals surface area (Å²) in [6, 6.07) is 3.99. The summed E-state index contributed by atoms with van der Waals surface area (Å²) in [5, 5.41) is 2.52. The number of carbonyl (C=O) groups is 1. The molecule has 16 heavy (non-hydrogen) atoms. The SMILES string of the molecule is CC(C)OCC(=O)Nc1ccc(F)c(Cl)c1. The number of hydrogen-bond donors (Lipinski definition) is 1. The Balaban J connectivity index is 2.53. The Hall–Kier alpha value is -1.13. The summed E-state index contributed by atoms with van der Waals surface area (Å²) >= 11 is 5.57. The van der Waals surface area contributed by atoms with Crippen molar-refractivity contribution >= 4 is 23.2 Å². The Morgan fingerprint density at radius 1 is 1.56 bits per heavy atom. The van der Waals surface area contributed by atoms with E-state index in [-0.39, 0.29) is 23.6 Å². The van der Waals surface area contributed by atoms with Gasteiger partial charge in [0.15, 0.2) is 0 Å². The van der Waals surface area contributed by atoms with Crippen molar-refractivity contribution in [3.05, 3.63) is 29.0 Å². The molecular formula is C11H13ClFNO2. The van der Waals surface area contributed by atoms with Crippen molar-refractivity contribution in [2.75, 3.05) is 11.9 Å². The van der Waals surface area contributed by atoms with Crippen LogP contribution in [0.2, 0.25) is 5.02 Å². The molecule has 1 aromatic carbocycles. The molecular weight excluding hydrogens is 233 g/mol. The monoisotopic (exact) mass is 245 g/mol. The van der Waals surface area contributed by atoms with Crippen LogP contribution in [0.5, 0.6) is 0 Å². The zero-order valence-electron chi connectivity index (χ0n) is 9.09. The molecule has 1 N–H and O–H groups in total. The van der Waals surface area contributed by atoms with E-state index >= 15 is 0 Å². The summed E-state index contributed by atoms with van der Waals surface area (Å²) in [5.74, 6) is -0.811. The van der Waals surface area contributed by atoms with Crippen LogP contribution < -0.4 is 5.32 Å². The number of halogens is 2. The highest BCUT2D eigenvalue weighted by atomic mass is 35.5. The van der Waals surface area contributed by atoms with Gasteiger partial charge in [-0.1, -0.05) is 11.6 Å². The first-order chi connectivity index (χ1) is 7.49. The van der Waals surface area contributed by atoms with Gasteiger partial charge in [-0.2, -0.15) is 0 Å². The number of carbonyl (C=O) groups excluding carboxylic acids is 1. The van der Waals surface area contributed by atoms with Crippen molar-refractivity contribution in [2.24, 2.45) is 0 Å². The molecule has 0 saturated carbocycles. The fraction of sp³-hybridized carbons (Fsp3) is 0.364. The molecule has 0 atom stereocenters. The van der Waals surface area contributed by atoms with Crippen molar-refractivity contribution in [1.29, 1.82) is 0 Å². The second-order valence-corrected chi connectivity index (χ2v) is 3.94. The second kappa shape index (κ2) is 5.82. The molecule has 0 aliphatic rings. The smallest absolute Gasteiger partial charge is 0.250 e. The molecule has 5 heteroatoms. The Bertz CT molecular complexity index is 382. The maximum absolute atomic E-state index is 12.8. The number of ether oxygens (including phenoxy) is 1. The molecule has 1 aromatic rings. The number of nitrogens with one attached hydrogen (secondary N) is 1. The predicted molar refractivity (Wildman–Crippen MR) is 61.1 cm³/mol. The van der Waals surface area contributed by atoms with Gasteiger partial charge in [0.25, 0.3) is 0 Å². The normalized spacial score (nSPS) is 10.6. The van der Waals surface area contributed by atoms with Crippen molar-refractivity contribution in [3.63, 3.8) is 0 Å². The van der Waals surface area contributed by atoms with Crippen LogP contribution in [0.3, 0.4) is 0 Å². The van der Waals surface area contributed by atoms with Crippen LogP contribution in [0.15, 0.2) is 18.2 Å². The first kappa shape index (κ1) is 12.9. The van der Waals surface area contributed by atoms with Crippen molar-refractivity contribution in [2.45, 2.75) is 20.0 Å². The second-order valence-electron chi connectivity index (χ2n) is 3.54. The van der Waals surface area contributed by atoms with Gasteiger partial charge < -0.3 is 10.1 Å². The maximum Gasteiger partial charge on any atom is 0.250 e. The summed E-state index contributed by atoms with van der Waals surface area (Å²) < 4.78 is 17.9. The summed E-state index contributed by atoms with van der Waals surface area (Å²) in [5.41, 5.74) is 0.448. The lowest BCUT2D eigenvalue weighted by Crippen LogP contribution is -2.20. The zero-order valence-corrected chi connectivity index (χ0v) is 9.84. The minimum Gasteiger partial charge on any atom is -0.369 e. The Morgan fingerprint density at radius 3 is 2.81 bits per heavy atom. The zero-order chi connectivity index (χ0) is 12.1. The van der Waals surface area contributed by atoms with Crippen LogP contribution in [0.1, 0.15) is 13.8 Å². The average Bonchev–Trinajstić information content (AvgIpc) is 2.21. The molecule has 0 aliphatic heterocycles. The van der Waals surface area contributed by atoms with Crippen LogP contribution in [0.25, 0.3) is 0 Å². The van der Waals surface area contributed by atoms with Crippen molar-refractivity contribution in [1.82, 2.24) is 0 Å². The highest BCUT2D eigenvalue weighted by Gasteiger charge is 2.06. The quantitative estimate of drug-likeness (QED) is 0.886. The molecule has 88 valence electrons. The van der Waals surface area contributed by atoms with Gasteiger partial charge in [-0.25, -0.2) is 4.39 Å². The number of rotatable bonds is 4. The van der Waals surface area contributed by atoms with Crippen LogP contribution in [0, 0.1) is 5.82 Å². The lowest BCUT2D eigenvalue weighted by atomic mass is 10.3. The van der Waals surface area contributed by atoms with Gasteiger partial charge in [-0.3, -0.25) is 4.79 Å². The topological polar surface area (TPSA) is 38.3 Å². The minimum atomic E-state index is -0.516. The highest BCUT2D eigenvalue weighted by Crippen LogP contribution is 2.19. The Kier molecular flexibility index (Phi) is 4.71. The summed E-state index contributed by atoms with van der Waals surface area (Å²) in [4.78, 5) is 11.3. The van der Waals surface area contributed by atoms with E-state index in [1.165, 1.54) is 18.2 Å². The van der Waals surface area contributed by atoms with Gasteiger partial charge in [0.2, 0.25) is 5.91 Å². The van der Waals surface area contributed by atoms with E-state index in [1.54, 1.807) is 0 Å². The predicted octanol–water partition coefficient (Wildman–Crippen LogP) is 2.84. The van der Waals surface area contributed by atoms with Crippen LogP contribution in [-0.4, -0.2) is 18.6 Å². The van der Waals surface area contributed by atoms with E-state index in [4.69, 9.17) is 16.3 Å². The van der Waals surface area contributed by atoms with Gasteiger partial charge in [-0.05, 0) is 32.0 Å². The third-order valence-corrected chi connectivity index (χ3v) is 2.04. The fourth-order valence-corrected chi connectivity index (χ4v) is 1.19. The minimum absolute atomic E-state index is 0.0115. The fourth-order valence-electron chi connectivity index (χ4n) is 1.01. The van der Waals surface area contributed by atoms with Crippen LogP contribution in [-0.2, 0) is 9.53 Å². The lowest BCUT2D eigenvalue weighted by molar-refractivity contribution is -0.121. The van der Waals surface area contributed by atoms with Crippen molar-refractivity contribution < 1.29 is 13.9 Å². The molecule has 0 spiro atoms. The Labute approximate surface area is 98.5 Å². The van der Waals surface area contributed by atoms with E-state index in [2.05, 4.69) is 5.32 Å². The summed E-state index contributed by atoms with van der Waals surface area (Å²) in [7, 11) is 0. The third kappa shape index (κ3) is 4.16. The maximum atomic E-state index is 12.8. The number of benzene rings is 1. The van der Waals surface area contributed by atoms with E-state index in [1.807, 2.05) is 13.8 Å². The molecule has 0 unspecified atom stereocenters. The van der Waals surface area contributed by atoms with Crippen LogP contribution in [0.4, 0.5) is 10.1 Å². The third-order valence-electron chi connectivity index (χ3n) is 1.75. The number of amides is 1. The molecule has 1 rings (SSSR count). The van der Waals surface area contributed by atoms with E-state index in [9.17, 15) is 9.18 Å². The average molecular weight is 246 g/mol. The van der Waals surface area contributed by atoms with Gasteiger partial charge in [0.1, 0.15) is 12.4 Å². The van der Waals surface area contributed by atoms with Gasteiger partial charge in [-0.15, -0.1) is 0 Å². The Morgan fingerprint density at radius 2 is 2.25 bits per heavy atom. The largest absolute Gasteiger partial charge is 0.369 e. The molecule has 3 nitrogen and oxygen atoms in total. The van der Waals surface area contributed by atoms with Crippen molar-refractivity contribution in [3.8, 4) is 0 Å².